The fourth-order valence-corrected chi connectivity index (χ4v) is 2.58. The Labute approximate surface area is 129 Å². The van der Waals surface area contributed by atoms with Crippen LogP contribution in [0.15, 0.2) is 23.1 Å². The standard InChI is InChI=1S/C14H14F3N5O/c15-14(16,17)13-20-10-3-5-22(7-9(10)12(23)21-13)6-8-2-1-4-19-11(8)18/h1-2,4H,3,5-7H2,(H2,18,19)(H,20,21,23). The summed E-state index contributed by atoms with van der Waals surface area (Å²) >= 11 is 0. The number of aromatic nitrogens is 3. The Hall–Kier alpha value is -2.42. The first kappa shape index (κ1) is 15.5. The molecule has 122 valence electrons. The maximum absolute atomic E-state index is 12.7. The number of hydrogen-bond acceptors (Lipinski definition) is 5. The van der Waals surface area contributed by atoms with Gasteiger partial charge in [-0.1, -0.05) is 6.07 Å². The molecule has 3 heterocycles. The number of nitrogens with one attached hydrogen (secondary N) is 1. The van der Waals surface area contributed by atoms with Gasteiger partial charge in [-0.05, 0) is 6.07 Å². The van der Waals surface area contributed by atoms with Crippen LogP contribution in [-0.4, -0.2) is 26.4 Å². The first-order chi connectivity index (χ1) is 10.8. The smallest absolute Gasteiger partial charge is 0.383 e. The van der Waals surface area contributed by atoms with E-state index in [4.69, 9.17) is 5.73 Å². The van der Waals surface area contributed by atoms with Crippen LogP contribution in [0.4, 0.5) is 19.0 Å². The van der Waals surface area contributed by atoms with Gasteiger partial charge in [0.2, 0.25) is 5.82 Å². The highest BCUT2D eigenvalue weighted by Gasteiger charge is 2.35. The van der Waals surface area contributed by atoms with Crippen molar-refractivity contribution < 1.29 is 13.2 Å². The quantitative estimate of drug-likeness (QED) is 0.869. The van der Waals surface area contributed by atoms with Crippen LogP contribution >= 0.6 is 0 Å². The zero-order chi connectivity index (χ0) is 16.6. The van der Waals surface area contributed by atoms with Gasteiger partial charge < -0.3 is 10.7 Å². The third-order valence-corrected chi connectivity index (χ3v) is 3.74. The van der Waals surface area contributed by atoms with Crippen molar-refractivity contribution in [3.8, 4) is 0 Å². The highest BCUT2D eigenvalue weighted by molar-refractivity contribution is 5.38. The first-order valence-corrected chi connectivity index (χ1v) is 6.95. The van der Waals surface area contributed by atoms with E-state index in [9.17, 15) is 18.0 Å². The zero-order valence-electron chi connectivity index (χ0n) is 12.0. The van der Waals surface area contributed by atoms with E-state index in [2.05, 4.69) is 9.97 Å². The Morgan fingerprint density at radius 2 is 2.17 bits per heavy atom. The van der Waals surface area contributed by atoms with Crippen molar-refractivity contribution in [3.05, 3.63) is 51.3 Å². The number of nitrogen functional groups attached to an aromatic ring is 1. The predicted molar refractivity (Wildman–Crippen MR) is 76.3 cm³/mol. The fourth-order valence-electron chi connectivity index (χ4n) is 2.58. The summed E-state index contributed by atoms with van der Waals surface area (Å²) in [6, 6.07) is 3.58. The molecule has 0 unspecified atom stereocenters. The van der Waals surface area contributed by atoms with Crippen LogP contribution in [0.1, 0.15) is 22.6 Å². The number of halogens is 3. The number of hydrogen-bond donors (Lipinski definition) is 2. The Kier molecular flexibility index (Phi) is 3.80. The lowest BCUT2D eigenvalue weighted by Crippen LogP contribution is -2.36. The zero-order valence-corrected chi connectivity index (χ0v) is 12.0. The van der Waals surface area contributed by atoms with Gasteiger partial charge >= 0.3 is 6.18 Å². The second-order valence-electron chi connectivity index (χ2n) is 5.35. The molecule has 3 N–H and O–H groups in total. The van der Waals surface area contributed by atoms with Crippen LogP contribution in [0.3, 0.4) is 0 Å². The van der Waals surface area contributed by atoms with E-state index in [-0.39, 0.29) is 24.2 Å². The van der Waals surface area contributed by atoms with Gasteiger partial charge in [0.15, 0.2) is 0 Å². The molecular formula is C14H14F3N5O. The van der Waals surface area contributed by atoms with Crippen LogP contribution in [0, 0.1) is 0 Å². The van der Waals surface area contributed by atoms with E-state index in [0.717, 1.165) is 5.56 Å². The van der Waals surface area contributed by atoms with Gasteiger partial charge in [0.25, 0.3) is 5.56 Å². The highest BCUT2D eigenvalue weighted by atomic mass is 19.4. The summed E-state index contributed by atoms with van der Waals surface area (Å²) in [6.07, 6.45) is -2.80. The fraction of sp³-hybridized carbons (Fsp3) is 0.357. The molecule has 2 aromatic heterocycles. The molecule has 0 bridgehead atoms. The minimum atomic E-state index is -4.66. The van der Waals surface area contributed by atoms with Gasteiger partial charge in [0.1, 0.15) is 5.82 Å². The molecule has 23 heavy (non-hydrogen) atoms. The molecule has 1 aliphatic rings. The SMILES string of the molecule is Nc1ncccc1CN1CCc2nc(C(F)(F)F)[nH]c(=O)c2C1. The number of aromatic amines is 1. The molecule has 0 aliphatic carbocycles. The van der Waals surface area contributed by atoms with E-state index in [1.165, 1.54) is 0 Å². The van der Waals surface area contributed by atoms with Gasteiger partial charge in [0, 0.05) is 37.8 Å². The maximum atomic E-state index is 12.7. The highest BCUT2D eigenvalue weighted by Crippen LogP contribution is 2.26. The van der Waals surface area contributed by atoms with Crippen LogP contribution in [0.2, 0.25) is 0 Å². The topological polar surface area (TPSA) is 87.9 Å². The van der Waals surface area contributed by atoms with Crippen molar-refractivity contribution in [2.45, 2.75) is 25.7 Å². The minimum Gasteiger partial charge on any atom is -0.383 e. The summed E-state index contributed by atoms with van der Waals surface area (Å²) in [5, 5.41) is 0. The van der Waals surface area contributed by atoms with Gasteiger partial charge in [-0.3, -0.25) is 9.69 Å². The number of rotatable bonds is 2. The van der Waals surface area contributed by atoms with Crippen molar-refractivity contribution in [3.63, 3.8) is 0 Å². The van der Waals surface area contributed by atoms with Gasteiger partial charge in [-0.25, -0.2) is 9.97 Å². The van der Waals surface area contributed by atoms with E-state index in [1.54, 1.807) is 12.3 Å². The van der Waals surface area contributed by atoms with Crippen LogP contribution < -0.4 is 11.3 Å². The molecule has 0 atom stereocenters. The summed E-state index contributed by atoms with van der Waals surface area (Å²) < 4.78 is 38.0. The molecule has 0 amide bonds. The molecular weight excluding hydrogens is 311 g/mol. The van der Waals surface area contributed by atoms with Crippen LogP contribution in [-0.2, 0) is 25.7 Å². The second kappa shape index (κ2) is 5.65. The molecule has 2 aromatic rings. The average Bonchev–Trinajstić information content (AvgIpc) is 2.49. The lowest BCUT2D eigenvalue weighted by atomic mass is 10.1. The van der Waals surface area contributed by atoms with E-state index < -0.39 is 17.6 Å². The Morgan fingerprint density at radius 1 is 1.39 bits per heavy atom. The van der Waals surface area contributed by atoms with Crippen molar-refractivity contribution >= 4 is 5.82 Å². The van der Waals surface area contributed by atoms with E-state index in [1.807, 2.05) is 16.0 Å². The number of fused-ring (bicyclic) bond motifs is 1. The van der Waals surface area contributed by atoms with Crippen LogP contribution in [0.25, 0.3) is 0 Å². The summed E-state index contributed by atoms with van der Waals surface area (Å²) in [5.41, 5.74) is 6.33. The number of nitrogens with two attached hydrogens (primary N) is 1. The molecule has 0 aromatic carbocycles. The largest absolute Gasteiger partial charge is 0.449 e. The third-order valence-electron chi connectivity index (χ3n) is 3.74. The summed E-state index contributed by atoms with van der Waals surface area (Å²) in [4.78, 5) is 23.2. The monoisotopic (exact) mass is 325 g/mol. The molecule has 0 saturated carbocycles. The first-order valence-electron chi connectivity index (χ1n) is 6.95. The van der Waals surface area contributed by atoms with E-state index in [0.29, 0.717) is 18.9 Å². The second-order valence-corrected chi connectivity index (χ2v) is 5.35. The lowest BCUT2D eigenvalue weighted by Gasteiger charge is -2.28. The minimum absolute atomic E-state index is 0.205. The Bertz CT molecular complexity index is 787. The number of anilines is 1. The molecule has 3 rings (SSSR count). The molecule has 9 heteroatoms. The third kappa shape index (κ3) is 3.19. The van der Waals surface area contributed by atoms with E-state index >= 15 is 0 Å². The van der Waals surface area contributed by atoms with Crippen molar-refractivity contribution in [2.24, 2.45) is 0 Å². The average molecular weight is 325 g/mol. The van der Waals surface area contributed by atoms with Crippen molar-refractivity contribution in [1.82, 2.24) is 19.9 Å². The number of pyridine rings is 1. The number of alkyl halides is 3. The molecule has 0 spiro atoms. The summed E-state index contributed by atoms with van der Waals surface area (Å²) in [5.74, 6) is -0.844. The molecule has 0 fully saturated rings. The molecule has 0 saturated heterocycles. The molecule has 0 radical (unpaired) electrons. The Balaban J connectivity index is 1.84. The van der Waals surface area contributed by atoms with Crippen LogP contribution in [0.5, 0.6) is 0 Å². The number of H-pyrrole nitrogens is 1. The summed E-state index contributed by atoms with van der Waals surface area (Å²) in [7, 11) is 0. The van der Waals surface area contributed by atoms with Crippen molar-refractivity contribution in [1.29, 1.82) is 0 Å². The molecule has 1 aliphatic heterocycles. The van der Waals surface area contributed by atoms with Gasteiger partial charge in [-0.2, -0.15) is 13.2 Å². The normalized spacial score (nSPS) is 15.4. The lowest BCUT2D eigenvalue weighted by molar-refractivity contribution is -0.145. The number of nitrogens with zero attached hydrogens (tertiary/aromatic N) is 3. The predicted octanol–water partition coefficient (Wildman–Crippen LogP) is 1.32. The Morgan fingerprint density at radius 3 is 2.87 bits per heavy atom. The van der Waals surface area contributed by atoms with Gasteiger partial charge in [0.05, 0.1) is 11.3 Å². The molecule has 6 nitrogen and oxygen atoms in total. The maximum Gasteiger partial charge on any atom is 0.449 e. The van der Waals surface area contributed by atoms with Crippen molar-refractivity contribution in [2.75, 3.05) is 12.3 Å². The van der Waals surface area contributed by atoms with Gasteiger partial charge in [-0.15, -0.1) is 0 Å². The summed E-state index contributed by atoms with van der Waals surface area (Å²) in [6.45, 7) is 1.19.